The van der Waals surface area contributed by atoms with E-state index in [4.69, 9.17) is 30.5 Å². The van der Waals surface area contributed by atoms with Crippen molar-refractivity contribution < 1.29 is 18.9 Å². The molecule has 4 aromatic carbocycles. The van der Waals surface area contributed by atoms with Crippen LogP contribution in [-0.4, -0.2) is 36.2 Å². The summed E-state index contributed by atoms with van der Waals surface area (Å²) in [6, 6.07) is 29.0. The van der Waals surface area contributed by atoms with Crippen molar-refractivity contribution in [3.63, 3.8) is 0 Å². The number of likely N-dealkylation sites (tertiary alicyclic amines) is 1. The van der Waals surface area contributed by atoms with Gasteiger partial charge in [0.2, 0.25) is 0 Å². The predicted octanol–water partition coefficient (Wildman–Crippen LogP) is 9.92. The van der Waals surface area contributed by atoms with E-state index < -0.39 is 0 Å². The molecule has 0 radical (unpaired) electrons. The van der Waals surface area contributed by atoms with Crippen LogP contribution in [0.5, 0.6) is 23.0 Å². The number of thioether (sulfide) groups is 1. The molecule has 0 atom stereocenters. The van der Waals surface area contributed by atoms with Gasteiger partial charge in [0, 0.05) is 46.8 Å². The monoisotopic (exact) mass is 692 g/mol. The zero-order valence-electron chi connectivity index (χ0n) is 27.8. The van der Waals surface area contributed by atoms with Gasteiger partial charge in [-0.3, -0.25) is 9.88 Å². The van der Waals surface area contributed by atoms with Crippen molar-refractivity contribution in [2.45, 2.75) is 56.6 Å². The smallest absolute Gasteiger partial charge is 0.161 e. The Morgan fingerprint density at radius 3 is 2.43 bits per heavy atom. The van der Waals surface area contributed by atoms with Crippen molar-refractivity contribution in [3.8, 4) is 34.1 Å². The maximum absolute atomic E-state index is 6.91. The molecule has 252 valence electrons. The van der Waals surface area contributed by atoms with E-state index >= 15 is 0 Å². The highest BCUT2D eigenvalue weighted by Gasteiger charge is 2.18. The first-order valence-corrected chi connectivity index (χ1v) is 18.3. The highest BCUT2D eigenvalue weighted by Crippen LogP contribution is 2.38. The molecule has 6 nitrogen and oxygen atoms in total. The minimum atomic E-state index is 0.374. The standard InChI is InChI=1S/C41H41ClN2O4S/c1-29-33(11-8-12-36(29)32-13-14-38-41(21-32)46-18-17-45-38)27-48-40-22-39(34(20-37(40)42)25-44-15-6-3-7-16-44)47-26-31-19-35(24-43-23-31)49-28-30-9-4-2-5-10-30/h2,4-5,8-14,19-24H,3,6-7,15-18,25-28H2,1H3. The van der Waals surface area contributed by atoms with Crippen LogP contribution in [0.4, 0.5) is 0 Å². The van der Waals surface area contributed by atoms with Crippen LogP contribution in [0, 0.1) is 6.92 Å². The van der Waals surface area contributed by atoms with E-state index in [-0.39, 0.29) is 0 Å². The van der Waals surface area contributed by atoms with Gasteiger partial charge in [-0.05, 0) is 84.9 Å². The number of pyridine rings is 1. The number of nitrogens with zero attached hydrogens (tertiary/aromatic N) is 2. The molecule has 0 N–H and O–H groups in total. The number of piperidine rings is 1. The molecule has 0 spiro atoms. The lowest BCUT2D eigenvalue weighted by Gasteiger charge is -2.27. The Hall–Kier alpha value is -4.17. The fourth-order valence-corrected chi connectivity index (χ4v) is 7.48. The van der Waals surface area contributed by atoms with Gasteiger partial charge >= 0.3 is 0 Å². The van der Waals surface area contributed by atoms with E-state index in [2.05, 4.69) is 77.5 Å². The summed E-state index contributed by atoms with van der Waals surface area (Å²) < 4.78 is 24.5. The molecule has 0 amide bonds. The third-order valence-electron chi connectivity index (χ3n) is 9.05. The molecule has 0 unspecified atom stereocenters. The minimum Gasteiger partial charge on any atom is -0.488 e. The number of benzene rings is 4. The van der Waals surface area contributed by atoms with Crippen molar-refractivity contribution in [2.24, 2.45) is 0 Å². The zero-order valence-corrected chi connectivity index (χ0v) is 29.4. The van der Waals surface area contributed by atoms with Gasteiger partial charge in [-0.25, -0.2) is 0 Å². The van der Waals surface area contributed by atoms with Gasteiger partial charge in [-0.15, -0.1) is 11.8 Å². The number of hydrogen-bond donors (Lipinski definition) is 0. The Balaban J connectivity index is 1.08. The van der Waals surface area contributed by atoms with Crippen LogP contribution in [0.2, 0.25) is 5.02 Å². The lowest BCUT2D eigenvalue weighted by atomic mass is 9.96. The maximum atomic E-state index is 6.91. The molecule has 3 heterocycles. The van der Waals surface area contributed by atoms with Gasteiger partial charge in [-0.1, -0.05) is 72.6 Å². The number of fused-ring (bicyclic) bond motifs is 1. The molecule has 8 heteroatoms. The Morgan fingerprint density at radius 2 is 1.57 bits per heavy atom. The number of halogens is 1. The summed E-state index contributed by atoms with van der Waals surface area (Å²) in [4.78, 5) is 8.11. The van der Waals surface area contributed by atoms with E-state index in [9.17, 15) is 0 Å². The quantitative estimate of drug-likeness (QED) is 0.121. The molecule has 2 aliphatic rings. The Labute approximate surface area is 298 Å². The Kier molecular flexibility index (Phi) is 10.9. The Bertz CT molecular complexity index is 1880. The number of ether oxygens (including phenoxy) is 4. The summed E-state index contributed by atoms with van der Waals surface area (Å²) in [5, 5.41) is 0.584. The second-order valence-electron chi connectivity index (χ2n) is 12.6. The summed E-state index contributed by atoms with van der Waals surface area (Å²) in [7, 11) is 0. The van der Waals surface area contributed by atoms with Gasteiger partial charge in [0.15, 0.2) is 11.5 Å². The molecule has 5 aromatic rings. The van der Waals surface area contributed by atoms with Crippen LogP contribution < -0.4 is 18.9 Å². The summed E-state index contributed by atoms with van der Waals surface area (Å²) >= 11 is 8.68. The second-order valence-corrected chi connectivity index (χ2v) is 14.0. The summed E-state index contributed by atoms with van der Waals surface area (Å²) in [5.41, 5.74) is 7.81. The topological polar surface area (TPSA) is 53.1 Å². The fraction of sp³-hybridized carbons (Fsp3) is 0.293. The lowest BCUT2D eigenvalue weighted by molar-refractivity contribution is 0.171. The molecule has 7 rings (SSSR count). The predicted molar refractivity (Wildman–Crippen MR) is 197 cm³/mol. The van der Waals surface area contributed by atoms with E-state index in [1.807, 2.05) is 36.7 Å². The number of rotatable bonds is 12. The van der Waals surface area contributed by atoms with Crippen LogP contribution in [0.1, 0.15) is 47.1 Å². The molecular formula is C41H41ClN2O4S. The van der Waals surface area contributed by atoms with Gasteiger partial charge in [0.05, 0.1) is 5.02 Å². The Morgan fingerprint density at radius 1 is 0.755 bits per heavy atom. The van der Waals surface area contributed by atoms with Gasteiger partial charge in [0.1, 0.15) is 37.9 Å². The first-order valence-electron chi connectivity index (χ1n) is 17.0. The van der Waals surface area contributed by atoms with E-state index in [1.165, 1.54) is 24.8 Å². The molecule has 0 saturated carbocycles. The van der Waals surface area contributed by atoms with Gasteiger partial charge in [-0.2, -0.15) is 0 Å². The molecule has 0 aliphatic carbocycles. The number of aromatic nitrogens is 1. The largest absolute Gasteiger partial charge is 0.488 e. The van der Waals surface area contributed by atoms with Crippen molar-refractivity contribution >= 4 is 23.4 Å². The molecule has 1 aromatic heterocycles. The number of hydrogen-bond acceptors (Lipinski definition) is 7. The average molecular weight is 693 g/mol. The van der Waals surface area contributed by atoms with Crippen LogP contribution >= 0.6 is 23.4 Å². The third kappa shape index (κ3) is 8.53. The van der Waals surface area contributed by atoms with E-state index in [0.29, 0.717) is 37.2 Å². The van der Waals surface area contributed by atoms with Crippen molar-refractivity contribution in [3.05, 3.63) is 130 Å². The summed E-state index contributed by atoms with van der Waals surface area (Å²) in [6.07, 6.45) is 7.51. The minimum absolute atomic E-state index is 0.374. The van der Waals surface area contributed by atoms with E-state index in [0.717, 1.165) is 80.9 Å². The molecule has 49 heavy (non-hydrogen) atoms. The van der Waals surface area contributed by atoms with E-state index in [1.54, 1.807) is 11.8 Å². The first kappa shape index (κ1) is 33.3. The fourth-order valence-electron chi connectivity index (χ4n) is 6.35. The highest BCUT2D eigenvalue weighted by molar-refractivity contribution is 7.98. The normalized spacial score (nSPS) is 14.4. The molecule has 0 bridgehead atoms. The molecule has 1 saturated heterocycles. The van der Waals surface area contributed by atoms with Gasteiger partial charge < -0.3 is 18.9 Å². The average Bonchev–Trinajstić information content (AvgIpc) is 3.14. The van der Waals surface area contributed by atoms with Crippen LogP contribution in [0.25, 0.3) is 11.1 Å². The van der Waals surface area contributed by atoms with Crippen LogP contribution in [-0.2, 0) is 25.5 Å². The van der Waals surface area contributed by atoms with Gasteiger partial charge in [0.25, 0.3) is 0 Å². The van der Waals surface area contributed by atoms with Crippen molar-refractivity contribution in [1.29, 1.82) is 0 Å². The summed E-state index contributed by atoms with van der Waals surface area (Å²) in [6.45, 7) is 6.99. The summed E-state index contributed by atoms with van der Waals surface area (Å²) in [5.74, 6) is 3.85. The first-order chi connectivity index (χ1) is 24.1. The van der Waals surface area contributed by atoms with Crippen LogP contribution in [0.3, 0.4) is 0 Å². The molecule has 1 fully saturated rings. The second kappa shape index (κ2) is 16.0. The third-order valence-corrected chi connectivity index (χ3v) is 10.4. The zero-order chi connectivity index (χ0) is 33.4. The molecule has 2 aliphatic heterocycles. The SMILES string of the molecule is Cc1c(COc2cc(OCc3cncc(SCc4ccccc4)c3)c(CN3CCCCC3)cc2Cl)cccc1-c1ccc2c(c1)OCCO2. The highest BCUT2D eigenvalue weighted by atomic mass is 35.5. The maximum Gasteiger partial charge on any atom is 0.161 e. The van der Waals surface area contributed by atoms with Crippen molar-refractivity contribution in [2.75, 3.05) is 26.3 Å². The van der Waals surface area contributed by atoms with Crippen LogP contribution in [0.15, 0.2) is 102 Å². The van der Waals surface area contributed by atoms with Crippen molar-refractivity contribution in [1.82, 2.24) is 9.88 Å². The molecular weight excluding hydrogens is 652 g/mol. The lowest BCUT2D eigenvalue weighted by Crippen LogP contribution is -2.29.